The number of rotatable bonds is 4. The lowest BCUT2D eigenvalue weighted by molar-refractivity contribution is -0.386. The molecule has 1 aromatic rings. The van der Waals surface area contributed by atoms with E-state index in [1.54, 1.807) is 13.8 Å². The van der Waals surface area contributed by atoms with Gasteiger partial charge in [-0.2, -0.15) is 4.39 Å². The zero-order valence-corrected chi connectivity index (χ0v) is 10.9. The molecule has 0 bridgehead atoms. The summed E-state index contributed by atoms with van der Waals surface area (Å²) in [7, 11) is 0. The van der Waals surface area contributed by atoms with Crippen LogP contribution in [0.15, 0.2) is 12.1 Å². The fraction of sp³-hybridized carbons (Fsp3) is 0.500. The predicted octanol–water partition coefficient (Wildman–Crippen LogP) is 2.40. The first-order valence-corrected chi connectivity index (χ1v) is 5.87. The maximum absolute atomic E-state index is 13.6. The maximum Gasteiger partial charge on any atom is 0.314 e. The quantitative estimate of drug-likeness (QED) is 0.628. The summed E-state index contributed by atoms with van der Waals surface area (Å²) < 4.78 is 42.4. The van der Waals surface area contributed by atoms with Crippen molar-refractivity contribution >= 4 is 5.69 Å². The largest absolute Gasteiger partial charge is 0.482 e. The molecule has 1 aliphatic heterocycles. The Morgan fingerprint density at radius 1 is 1.50 bits per heavy atom. The molecule has 0 spiro atoms. The SMILES string of the molecule is CC1(C)OC[C@H](COc2c([N+](=O)[O-])ccc(F)c2F)O1. The van der Waals surface area contributed by atoms with E-state index in [-0.39, 0.29) is 13.2 Å². The minimum Gasteiger partial charge on any atom is -0.482 e. The summed E-state index contributed by atoms with van der Waals surface area (Å²) in [5, 5.41) is 10.8. The van der Waals surface area contributed by atoms with E-state index in [1.165, 1.54) is 0 Å². The third kappa shape index (κ3) is 3.02. The second-order valence-electron chi connectivity index (χ2n) is 4.73. The van der Waals surface area contributed by atoms with Gasteiger partial charge in [0, 0.05) is 6.07 Å². The van der Waals surface area contributed by atoms with Crippen LogP contribution in [0, 0.1) is 21.7 Å². The van der Waals surface area contributed by atoms with E-state index in [0.717, 1.165) is 6.07 Å². The molecule has 0 amide bonds. The van der Waals surface area contributed by atoms with Gasteiger partial charge in [0.15, 0.2) is 11.6 Å². The van der Waals surface area contributed by atoms with Gasteiger partial charge in [0.05, 0.1) is 11.5 Å². The number of nitrogens with zero attached hydrogens (tertiary/aromatic N) is 1. The van der Waals surface area contributed by atoms with E-state index in [4.69, 9.17) is 14.2 Å². The smallest absolute Gasteiger partial charge is 0.314 e. The molecule has 20 heavy (non-hydrogen) atoms. The van der Waals surface area contributed by atoms with E-state index in [2.05, 4.69) is 0 Å². The van der Waals surface area contributed by atoms with Crippen LogP contribution in [0.5, 0.6) is 5.75 Å². The molecule has 1 aromatic carbocycles. The molecule has 1 saturated heterocycles. The summed E-state index contributed by atoms with van der Waals surface area (Å²) >= 11 is 0. The van der Waals surface area contributed by atoms with Crippen molar-refractivity contribution < 1.29 is 27.9 Å². The molecular weight excluding hydrogens is 276 g/mol. The Bertz CT molecular complexity index is 535. The van der Waals surface area contributed by atoms with Crippen LogP contribution in [-0.4, -0.2) is 30.0 Å². The van der Waals surface area contributed by atoms with E-state index >= 15 is 0 Å². The highest BCUT2D eigenvalue weighted by molar-refractivity contribution is 5.47. The van der Waals surface area contributed by atoms with Crippen molar-refractivity contribution in [3.63, 3.8) is 0 Å². The van der Waals surface area contributed by atoms with Crippen molar-refractivity contribution in [3.8, 4) is 5.75 Å². The highest BCUT2D eigenvalue weighted by Gasteiger charge is 2.34. The predicted molar refractivity (Wildman–Crippen MR) is 63.4 cm³/mol. The Kier molecular flexibility index (Phi) is 3.87. The van der Waals surface area contributed by atoms with Gasteiger partial charge in [-0.25, -0.2) is 4.39 Å². The van der Waals surface area contributed by atoms with Crippen molar-refractivity contribution in [1.82, 2.24) is 0 Å². The number of hydrogen-bond donors (Lipinski definition) is 0. The number of nitro benzene ring substituents is 1. The Balaban J connectivity index is 2.13. The molecule has 0 saturated carbocycles. The Morgan fingerprint density at radius 2 is 2.20 bits per heavy atom. The summed E-state index contributed by atoms with van der Waals surface area (Å²) in [5.74, 6) is -4.13. The molecule has 1 aliphatic rings. The lowest BCUT2D eigenvalue weighted by Gasteiger charge is -2.17. The van der Waals surface area contributed by atoms with Crippen molar-refractivity contribution in [2.45, 2.75) is 25.7 Å². The van der Waals surface area contributed by atoms with Crippen LogP contribution >= 0.6 is 0 Å². The average molecular weight is 289 g/mol. The second kappa shape index (κ2) is 5.29. The molecule has 2 rings (SSSR count). The maximum atomic E-state index is 13.6. The lowest BCUT2D eigenvalue weighted by Crippen LogP contribution is -2.25. The Hall–Kier alpha value is -1.80. The molecule has 0 radical (unpaired) electrons. The molecule has 1 atom stereocenters. The van der Waals surface area contributed by atoms with Gasteiger partial charge >= 0.3 is 5.69 Å². The molecule has 0 aromatic heterocycles. The Labute approximate surface area is 113 Å². The van der Waals surface area contributed by atoms with Crippen LogP contribution in [0.25, 0.3) is 0 Å². The summed E-state index contributed by atoms with van der Waals surface area (Å²) in [6.07, 6.45) is -0.507. The van der Waals surface area contributed by atoms with Gasteiger partial charge in [0.1, 0.15) is 12.7 Å². The topological polar surface area (TPSA) is 70.8 Å². The molecule has 1 heterocycles. The number of hydrogen-bond acceptors (Lipinski definition) is 5. The Morgan fingerprint density at radius 3 is 2.75 bits per heavy atom. The van der Waals surface area contributed by atoms with E-state index in [1.807, 2.05) is 0 Å². The van der Waals surface area contributed by atoms with Gasteiger partial charge in [0.2, 0.25) is 11.6 Å². The van der Waals surface area contributed by atoms with Crippen molar-refractivity contribution in [1.29, 1.82) is 0 Å². The van der Waals surface area contributed by atoms with Crippen LogP contribution in [0.3, 0.4) is 0 Å². The van der Waals surface area contributed by atoms with Crippen LogP contribution < -0.4 is 4.74 Å². The normalized spacial score (nSPS) is 20.9. The number of benzene rings is 1. The first-order chi connectivity index (χ1) is 9.30. The van der Waals surface area contributed by atoms with Gasteiger partial charge in [-0.1, -0.05) is 0 Å². The van der Waals surface area contributed by atoms with Gasteiger partial charge < -0.3 is 14.2 Å². The summed E-state index contributed by atoms with van der Waals surface area (Å²) in [6, 6.07) is 1.53. The minimum absolute atomic E-state index is 0.176. The molecule has 0 N–H and O–H groups in total. The van der Waals surface area contributed by atoms with Crippen LogP contribution in [-0.2, 0) is 9.47 Å². The average Bonchev–Trinajstić information content (AvgIpc) is 2.70. The molecule has 6 nitrogen and oxygen atoms in total. The second-order valence-corrected chi connectivity index (χ2v) is 4.73. The standard InChI is InChI=1S/C12H13F2NO5/c1-12(2)19-6-7(20-12)5-18-11-9(15(16)17)4-3-8(13)10(11)14/h3-4,7H,5-6H2,1-2H3/t7-/m0/s1. The van der Waals surface area contributed by atoms with Gasteiger partial charge in [0.25, 0.3) is 0 Å². The van der Waals surface area contributed by atoms with Crippen molar-refractivity contribution in [2.24, 2.45) is 0 Å². The monoisotopic (exact) mass is 289 g/mol. The first-order valence-electron chi connectivity index (χ1n) is 5.87. The minimum atomic E-state index is -1.39. The zero-order valence-electron chi connectivity index (χ0n) is 10.9. The molecule has 0 aliphatic carbocycles. The molecule has 0 unspecified atom stereocenters. The van der Waals surface area contributed by atoms with Gasteiger partial charge in [-0.15, -0.1) is 0 Å². The summed E-state index contributed by atoms with van der Waals surface area (Å²) in [5.41, 5.74) is -0.637. The number of ether oxygens (including phenoxy) is 3. The zero-order chi connectivity index (χ0) is 14.9. The summed E-state index contributed by atoms with van der Waals surface area (Å²) in [4.78, 5) is 9.93. The first kappa shape index (κ1) is 14.6. The van der Waals surface area contributed by atoms with Crippen LogP contribution in [0.1, 0.15) is 13.8 Å². The summed E-state index contributed by atoms with van der Waals surface area (Å²) in [6.45, 7) is 3.42. The van der Waals surface area contributed by atoms with Crippen molar-refractivity contribution in [3.05, 3.63) is 33.9 Å². The van der Waals surface area contributed by atoms with E-state index in [0.29, 0.717) is 6.07 Å². The molecular formula is C12H13F2NO5. The van der Waals surface area contributed by atoms with Crippen LogP contribution in [0.4, 0.5) is 14.5 Å². The number of nitro groups is 1. The van der Waals surface area contributed by atoms with E-state index in [9.17, 15) is 18.9 Å². The fourth-order valence-corrected chi connectivity index (χ4v) is 1.82. The van der Waals surface area contributed by atoms with Gasteiger partial charge in [-0.05, 0) is 19.9 Å². The highest BCUT2D eigenvalue weighted by Crippen LogP contribution is 2.32. The number of halogens is 2. The highest BCUT2D eigenvalue weighted by atomic mass is 19.2. The van der Waals surface area contributed by atoms with Crippen LogP contribution in [0.2, 0.25) is 0 Å². The molecule has 110 valence electrons. The lowest BCUT2D eigenvalue weighted by atomic mass is 10.2. The third-order valence-corrected chi connectivity index (χ3v) is 2.71. The molecule has 1 fully saturated rings. The third-order valence-electron chi connectivity index (χ3n) is 2.71. The van der Waals surface area contributed by atoms with E-state index < -0.39 is 39.9 Å². The fourth-order valence-electron chi connectivity index (χ4n) is 1.82. The molecule has 8 heteroatoms. The van der Waals surface area contributed by atoms with Crippen molar-refractivity contribution in [2.75, 3.05) is 13.2 Å². The van der Waals surface area contributed by atoms with Gasteiger partial charge in [-0.3, -0.25) is 10.1 Å².